The zero-order valence-electron chi connectivity index (χ0n) is 6.73. The van der Waals surface area contributed by atoms with Crippen LogP contribution in [0.15, 0.2) is 6.20 Å². The monoisotopic (exact) mass is 180 g/mol. The molecule has 5 heteroatoms. The largest absolute Gasteiger partial charge is 0.515 e. The van der Waals surface area contributed by atoms with Crippen molar-refractivity contribution < 1.29 is 14.6 Å². The van der Waals surface area contributed by atoms with Gasteiger partial charge >= 0.3 is 0 Å². The third-order valence-electron chi connectivity index (χ3n) is 1.74. The first kappa shape index (κ1) is 7.72. The highest BCUT2D eigenvalue weighted by Crippen LogP contribution is 2.12. The highest BCUT2D eigenvalue weighted by molar-refractivity contribution is 5.50. The molecule has 0 bridgehead atoms. The molecule has 1 aromatic heterocycles. The number of nitrogens with zero attached hydrogens (tertiary/aromatic N) is 1. The van der Waals surface area contributed by atoms with Gasteiger partial charge in [-0.2, -0.15) is 0 Å². The Morgan fingerprint density at radius 3 is 3.23 bits per heavy atom. The maximum absolute atomic E-state index is 8.85. The molecule has 0 spiro atoms. The Morgan fingerprint density at radius 1 is 1.62 bits per heavy atom. The summed E-state index contributed by atoms with van der Waals surface area (Å²) < 4.78 is 10.1. The van der Waals surface area contributed by atoms with Crippen LogP contribution in [0.25, 0.3) is 12.5 Å². The Hall–Kier alpha value is -1.91. The van der Waals surface area contributed by atoms with Crippen molar-refractivity contribution in [2.24, 2.45) is 0 Å². The summed E-state index contributed by atoms with van der Waals surface area (Å²) in [4.78, 5) is 3.85. The highest BCUT2D eigenvalue weighted by atomic mass is 16.7. The fraction of sp³-hybridized carbons (Fsp3) is 0.125. The van der Waals surface area contributed by atoms with E-state index in [0.29, 0.717) is 22.0 Å². The van der Waals surface area contributed by atoms with Crippen molar-refractivity contribution in [2.75, 3.05) is 12.5 Å². The summed E-state index contributed by atoms with van der Waals surface area (Å²) in [6.45, 7) is 0.119. The summed E-state index contributed by atoms with van der Waals surface area (Å²) in [5.74, 6) is 0.745. The van der Waals surface area contributed by atoms with Gasteiger partial charge in [0, 0.05) is 11.4 Å². The van der Waals surface area contributed by atoms with Gasteiger partial charge in [0.25, 0.3) is 0 Å². The molecule has 0 radical (unpaired) electrons. The molecule has 2 heterocycles. The minimum absolute atomic E-state index is 0.119. The number of aliphatic hydroxyl groups excluding tert-OH is 1. The lowest BCUT2D eigenvalue weighted by molar-refractivity contribution is 0.0913. The summed E-state index contributed by atoms with van der Waals surface area (Å²) in [6.07, 6.45) is 3.86. The van der Waals surface area contributed by atoms with Crippen molar-refractivity contribution in [1.29, 1.82) is 0 Å². The first-order valence-corrected chi connectivity index (χ1v) is 3.66. The molecule has 2 rings (SSSR count). The molecule has 3 N–H and O–H groups in total. The molecule has 0 saturated carbocycles. The minimum atomic E-state index is 0.119. The van der Waals surface area contributed by atoms with E-state index in [1.54, 1.807) is 0 Å². The predicted molar refractivity (Wildman–Crippen MR) is 46.0 cm³/mol. The average molecular weight is 180 g/mol. The smallest absolute Gasteiger partial charge is 0.230 e. The number of anilines is 1. The SMILES string of the molecule is Nc1ncc(=CO)c2c1OCOC=2. The molecular weight excluding hydrogens is 172 g/mol. The van der Waals surface area contributed by atoms with Gasteiger partial charge in [0.1, 0.15) is 0 Å². The average Bonchev–Trinajstić information content (AvgIpc) is 2.19. The predicted octanol–water partition coefficient (Wildman–Crippen LogP) is -0.936. The second kappa shape index (κ2) is 2.85. The maximum Gasteiger partial charge on any atom is 0.230 e. The zero-order valence-corrected chi connectivity index (χ0v) is 6.73. The number of hydrogen-bond acceptors (Lipinski definition) is 5. The first-order valence-electron chi connectivity index (χ1n) is 3.66. The molecule has 0 aromatic carbocycles. The topological polar surface area (TPSA) is 77.6 Å². The molecule has 0 aliphatic carbocycles. The molecule has 0 unspecified atom stereocenters. The van der Waals surface area contributed by atoms with Crippen LogP contribution in [0.1, 0.15) is 0 Å². The van der Waals surface area contributed by atoms with Crippen LogP contribution in [0.5, 0.6) is 5.75 Å². The number of ether oxygens (including phenoxy) is 2. The Bertz CT molecular complexity index is 441. The van der Waals surface area contributed by atoms with Crippen molar-refractivity contribution in [3.63, 3.8) is 0 Å². The third-order valence-corrected chi connectivity index (χ3v) is 1.74. The molecule has 5 nitrogen and oxygen atoms in total. The molecule has 13 heavy (non-hydrogen) atoms. The van der Waals surface area contributed by atoms with Crippen LogP contribution in [0, 0.1) is 0 Å². The molecule has 1 aliphatic heterocycles. The van der Waals surface area contributed by atoms with Crippen molar-refractivity contribution in [3.8, 4) is 5.75 Å². The molecule has 0 amide bonds. The van der Waals surface area contributed by atoms with Crippen molar-refractivity contribution >= 4 is 18.3 Å². The number of fused-ring (bicyclic) bond motifs is 1. The standard InChI is InChI=1S/C8H8N2O3/c9-8-7-6(3-12-4-13-7)5(2-11)1-10-8/h1-3,11H,4,9H2. The fourth-order valence-corrected chi connectivity index (χ4v) is 1.12. The van der Waals surface area contributed by atoms with Crippen LogP contribution in [-0.4, -0.2) is 16.9 Å². The van der Waals surface area contributed by atoms with Gasteiger partial charge in [0.05, 0.1) is 17.7 Å². The van der Waals surface area contributed by atoms with Crippen LogP contribution in [-0.2, 0) is 4.74 Å². The normalized spacial score (nSPS) is 15.2. The third kappa shape index (κ3) is 1.14. The van der Waals surface area contributed by atoms with Crippen molar-refractivity contribution in [3.05, 3.63) is 16.6 Å². The summed E-state index contributed by atoms with van der Waals surface area (Å²) in [7, 11) is 0. The second-order valence-electron chi connectivity index (χ2n) is 2.52. The molecule has 0 atom stereocenters. The number of pyridine rings is 1. The molecule has 0 fully saturated rings. The van der Waals surface area contributed by atoms with Crippen LogP contribution in [0.2, 0.25) is 0 Å². The number of nitrogens with two attached hydrogens (primary N) is 1. The Morgan fingerprint density at radius 2 is 2.46 bits per heavy atom. The number of aliphatic hydroxyl groups is 1. The van der Waals surface area contributed by atoms with Gasteiger partial charge in [-0.25, -0.2) is 4.98 Å². The van der Waals surface area contributed by atoms with Gasteiger partial charge < -0.3 is 20.3 Å². The Balaban J connectivity index is 2.84. The van der Waals surface area contributed by atoms with E-state index in [1.165, 1.54) is 12.5 Å². The zero-order chi connectivity index (χ0) is 9.26. The lowest BCUT2D eigenvalue weighted by Crippen LogP contribution is -2.32. The second-order valence-corrected chi connectivity index (χ2v) is 2.52. The quantitative estimate of drug-likeness (QED) is 0.539. The van der Waals surface area contributed by atoms with E-state index in [9.17, 15) is 0 Å². The van der Waals surface area contributed by atoms with Gasteiger partial charge in [0.2, 0.25) is 6.79 Å². The first-order chi connectivity index (χ1) is 6.33. The van der Waals surface area contributed by atoms with E-state index >= 15 is 0 Å². The summed E-state index contributed by atoms with van der Waals surface area (Å²) in [5.41, 5.74) is 5.56. The van der Waals surface area contributed by atoms with Gasteiger partial charge in [-0.15, -0.1) is 0 Å². The van der Waals surface area contributed by atoms with Gasteiger partial charge in [-0.05, 0) is 0 Å². The maximum atomic E-state index is 8.85. The number of rotatable bonds is 0. The summed E-state index contributed by atoms with van der Waals surface area (Å²) in [6, 6.07) is 0. The van der Waals surface area contributed by atoms with E-state index in [-0.39, 0.29) is 6.79 Å². The van der Waals surface area contributed by atoms with Crippen LogP contribution in [0.3, 0.4) is 0 Å². The van der Waals surface area contributed by atoms with E-state index in [0.717, 1.165) is 6.26 Å². The molecule has 1 aliphatic rings. The van der Waals surface area contributed by atoms with E-state index in [4.69, 9.17) is 20.3 Å². The van der Waals surface area contributed by atoms with Gasteiger partial charge in [-0.1, -0.05) is 0 Å². The highest BCUT2D eigenvalue weighted by Gasteiger charge is 2.09. The number of aromatic nitrogens is 1. The lowest BCUT2D eigenvalue weighted by atomic mass is 10.3. The Kier molecular flexibility index (Phi) is 1.70. The van der Waals surface area contributed by atoms with E-state index in [1.807, 2.05) is 0 Å². The van der Waals surface area contributed by atoms with Gasteiger partial charge in [0.15, 0.2) is 11.6 Å². The van der Waals surface area contributed by atoms with Crippen molar-refractivity contribution in [1.82, 2.24) is 4.98 Å². The number of nitrogen functional groups attached to an aromatic ring is 1. The lowest BCUT2D eigenvalue weighted by Gasteiger charge is -2.12. The van der Waals surface area contributed by atoms with Gasteiger partial charge in [-0.3, -0.25) is 0 Å². The van der Waals surface area contributed by atoms with Crippen molar-refractivity contribution in [2.45, 2.75) is 0 Å². The Labute approximate surface area is 73.7 Å². The molecular formula is C8H8N2O3. The van der Waals surface area contributed by atoms with E-state index < -0.39 is 0 Å². The molecule has 0 saturated heterocycles. The molecule has 68 valence electrons. The van der Waals surface area contributed by atoms with Crippen LogP contribution in [0.4, 0.5) is 5.82 Å². The summed E-state index contributed by atoms with van der Waals surface area (Å²) in [5, 5.41) is 9.98. The minimum Gasteiger partial charge on any atom is -0.515 e. The summed E-state index contributed by atoms with van der Waals surface area (Å²) >= 11 is 0. The van der Waals surface area contributed by atoms with E-state index in [2.05, 4.69) is 4.98 Å². The molecule has 1 aromatic rings. The van der Waals surface area contributed by atoms with Crippen LogP contribution < -0.4 is 20.9 Å². The number of hydrogen-bond donors (Lipinski definition) is 2. The fourth-order valence-electron chi connectivity index (χ4n) is 1.12. The van der Waals surface area contributed by atoms with Crippen LogP contribution >= 0.6 is 0 Å².